The number of rotatable bonds is 2. The van der Waals surface area contributed by atoms with Gasteiger partial charge in [0, 0.05) is 18.7 Å². The van der Waals surface area contributed by atoms with E-state index in [1.165, 1.54) is 0 Å². The summed E-state index contributed by atoms with van der Waals surface area (Å²) in [5.41, 5.74) is 0.737. The largest absolute Gasteiger partial charge is 0.393 e. The van der Waals surface area contributed by atoms with E-state index >= 15 is 0 Å². The highest BCUT2D eigenvalue weighted by molar-refractivity contribution is 5.94. The van der Waals surface area contributed by atoms with Gasteiger partial charge in [0.2, 0.25) is 0 Å². The summed E-state index contributed by atoms with van der Waals surface area (Å²) in [4.78, 5) is 14.0. The highest BCUT2D eigenvalue weighted by Gasteiger charge is 2.25. The summed E-state index contributed by atoms with van der Waals surface area (Å²) < 4.78 is 0. The molecule has 92 valence electrons. The van der Waals surface area contributed by atoms with Gasteiger partial charge in [0.15, 0.2) is 0 Å². The molecule has 0 unspecified atom stereocenters. The molecule has 0 radical (unpaired) electrons. The number of hydrogen-bond donors (Lipinski definition) is 1. The van der Waals surface area contributed by atoms with Gasteiger partial charge in [-0.15, -0.1) is 0 Å². The van der Waals surface area contributed by atoms with Gasteiger partial charge in [-0.2, -0.15) is 0 Å². The minimum atomic E-state index is -0.175. The maximum absolute atomic E-state index is 12.2. The Hall–Kier alpha value is -1.35. The molecule has 1 aliphatic rings. The van der Waals surface area contributed by atoms with Crippen molar-refractivity contribution in [3.63, 3.8) is 0 Å². The molecule has 1 aliphatic carbocycles. The Bertz CT molecular complexity index is 369. The second-order valence-electron chi connectivity index (χ2n) is 4.74. The third-order valence-corrected chi connectivity index (χ3v) is 3.56. The van der Waals surface area contributed by atoms with Crippen LogP contribution in [0.25, 0.3) is 0 Å². The molecule has 1 aromatic carbocycles. The number of nitrogens with zero attached hydrogens (tertiary/aromatic N) is 1. The lowest BCUT2D eigenvalue weighted by atomic mass is 9.92. The standard InChI is InChI=1S/C14H19NO2/c1-15(12-7-9-13(16)10-8-12)14(17)11-5-3-2-4-6-11/h2-6,12-13,16H,7-10H2,1H3. The number of hydrogen-bond acceptors (Lipinski definition) is 2. The van der Waals surface area contributed by atoms with Crippen LogP contribution in [0.5, 0.6) is 0 Å². The van der Waals surface area contributed by atoms with Gasteiger partial charge in [-0.25, -0.2) is 0 Å². The van der Waals surface area contributed by atoms with Crippen LogP contribution in [0, 0.1) is 0 Å². The Morgan fingerprint density at radius 3 is 2.35 bits per heavy atom. The summed E-state index contributed by atoms with van der Waals surface area (Å²) in [6, 6.07) is 9.63. The van der Waals surface area contributed by atoms with E-state index in [0.29, 0.717) is 0 Å². The topological polar surface area (TPSA) is 40.5 Å². The van der Waals surface area contributed by atoms with Gasteiger partial charge in [-0.3, -0.25) is 4.79 Å². The van der Waals surface area contributed by atoms with Crippen molar-refractivity contribution in [3.8, 4) is 0 Å². The summed E-state index contributed by atoms with van der Waals surface area (Å²) in [5.74, 6) is 0.0759. The fraction of sp³-hybridized carbons (Fsp3) is 0.500. The predicted octanol–water partition coefficient (Wildman–Crippen LogP) is 2.06. The second kappa shape index (κ2) is 5.32. The Morgan fingerprint density at radius 2 is 1.76 bits per heavy atom. The molecule has 17 heavy (non-hydrogen) atoms. The summed E-state index contributed by atoms with van der Waals surface area (Å²) in [7, 11) is 1.86. The molecule has 1 amide bonds. The predicted molar refractivity (Wildman–Crippen MR) is 66.8 cm³/mol. The molecule has 0 bridgehead atoms. The van der Waals surface area contributed by atoms with Crippen molar-refractivity contribution in [2.45, 2.75) is 37.8 Å². The van der Waals surface area contributed by atoms with Gasteiger partial charge in [0.1, 0.15) is 0 Å². The van der Waals surface area contributed by atoms with Crippen LogP contribution in [0.1, 0.15) is 36.0 Å². The Morgan fingerprint density at radius 1 is 1.18 bits per heavy atom. The van der Waals surface area contributed by atoms with E-state index in [1.807, 2.05) is 42.3 Å². The van der Waals surface area contributed by atoms with Crippen LogP contribution < -0.4 is 0 Å². The average Bonchev–Trinajstić information content (AvgIpc) is 2.39. The molecule has 0 aliphatic heterocycles. The van der Waals surface area contributed by atoms with Gasteiger partial charge >= 0.3 is 0 Å². The number of amides is 1. The molecule has 1 N–H and O–H groups in total. The molecule has 0 saturated heterocycles. The molecule has 2 rings (SSSR count). The van der Waals surface area contributed by atoms with Crippen molar-refractivity contribution >= 4 is 5.91 Å². The minimum absolute atomic E-state index is 0.0759. The van der Waals surface area contributed by atoms with E-state index in [2.05, 4.69) is 0 Å². The van der Waals surface area contributed by atoms with Crippen LogP contribution in [0.2, 0.25) is 0 Å². The fourth-order valence-corrected chi connectivity index (χ4v) is 2.40. The van der Waals surface area contributed by atoms with Gasteiger partial charge in [-0.1, -0.05) is 18.2 Å². The maximum Gasteiger partial charge on any atom is 0.253 e. The minimum Gasteiger partial charge on any atom is -0.393 e. The molecule has 0 heterocycles. The molecule has 0 aromatic heterocycles. The first kappa shape index (κ1) is 12.1. The van der Waals surface area contributed by atoms with Crippen LogP contribution in [-0.4, -0.2) is 35.1 Å². The van der Waals surface area contributed by atoms with E-state index in [1.54, 1.807) is 0 Å². The number of benzene rings is 1. The average molecular weight is 233 g/mol. The van der Waals surface area contributed by atoms with Crippen LogP contribution in [0.15, 0.2) is 30.3 Å². The van der Waals surface area contributed by atoms with Crippen LogP contribution in [-0.2, 0) is 0 Å². The van der Waals surface area contributed by atoms with Crippen LogP contribution in [0.3, 0.4) is 0 Å². The van der Waals surface area contributed by atoms with E-state index in [9.17, 15) is 9.90 Å². The van der Waals surface area contributed by atoms with E-state index < -0.39 is 0 Å². The number of aliphatic hydroxyl groups excluding tert-OH is 1. The molecular weight excluding hydrogens is 214 g/mol. The molecule has 1 saturated carbocycles. The van der Waals surface area contributed by atoms with Crippen LogP contribution in [0.4, 0.5) is 0 Å². The van der Waals surface area contributed by atoms with E-state index in [-0.39, 0.29) is 18.1 Å². The SMILES string of the molecule is CN(C(=O)c1ccccc1)C1CCC(O)CC1. The molecule has 3 nitrogen and oxygen atoms in total. The van der Waals surface area contributed by atoms with Crippen molar-refractivity contribution in [2.75, 3.05) is 7.05 Å². The number of carbonyl (C=O) groups excluding carboxylic acids is 1. The van der Waals surface area contributed by atoms with Crippen molar-refractivity contribution in [3.05, 3.63) is 35.9 Å². The zero-order valence-electron chi connectivity index (χ0n) is 10.2. The zero-order valence-corrected chi connectivity index (χ0v) is 10.2. The zero-order chi connectivity index (χ0) is 12.3. The monoisotopic (exact) mass is 233 g/mol. The van der Waals surface area contributed by atoms with Gasteiger partial charge in [-0.05, 0) is 37.8 Å². The third-order valence-electron chi connectivity index (χ3n) is 3.56. The van der Waals surface area contributed by atoms with Gasteiger partial charge < -0.3 is 10.0 Å². The highest BCUT2D eigenvalue weighted by Crippen LogP contribution is 2.23. The molecule has 1 aromatic rings. The Balaban J connectivity index is 2.00. The summed E-state index contributed by atoms with van der Waals surface area (Å²) in [6.45, 7) is 0. The lowest BCUT2D eigenvalue weighted by molar-refractivity contribution is 0.0569. The smallest absolute Gasteiger partial charge is 0.253 e. The van der Waals surface area contributed by atoms with E-state index in [0.717, 1.165) is 31.2 Å². The molecule has 0 atom stereocenters. The lowest BCUT2D eigenvalue weighted by Gasteiger charge is -2.33. The fourth-order valence-electron chi connectivity index (χ4n) is 2.40. The molecule has 3 heteroatoms. The summed E-state index contributed by atoms with van der Waals surface area (Å²) in [6.07, 6.45) is 3.23. The normalized spacial score (nSPS) is 24.4. The van der Waals surface area contributed by atoms with Crippen molar-refractivity contribution < 1.29 is 9.90 Å². The van der Waals surface area contributed by atoms with Crippen LogP contribution >= 0.6 is 0 Å². The molecule has 0 spiro atoms. The van der Waals surface area contributed by atoms with E-state index in [4.69, 9.17) is 0 Å². The van der Waals surface area contributed by atoms with Gasteiger partial charge in [0.05, 0.1) is 6.10 Å². The van der Waals surface area contributed by atoms with Gasteiger partial charge in [0.25, 0.3) is 5.91 Å². The first-order chi connectivity index (χ1) is 8.18. The first-order valence-electron chi connectivity index (χ1n) is 6.19. The number of carbonyl (C=O) groups is 1. The Labute approximate surface area is 102 Å². The van der Waals surface area contributed by atoms with Crippen molar-refractivity contribution in [1.29, 1.82) is 0 Å². The maximum atomic E-state index is 12.2. The Kier molecular flexibility index (Phi) is 3.79. The van der Waals surface area contributed by atoms with Crippen molar-refractivity contribution in [2.24, 2.45) is 0 Å². The molecular formula is C14H19NO2. The number of aliphatic hydroxyl groups is 1. The lowest BCUT2D eigenvalue weighted by Crippen LogP contribution is -2.40. The third kappa shape index (κ3) is 2.86. The quantitative estimate of drug-likeness (QED) is 0.849. The second-order valence-corrected chi connectivity index (χ2v) is 4.74. The first-order valence-corrected chi connectivity index (χ1v) is 6.19. The highest BCUT2D eigenvalue weighted by atomic mass is 16.3. The summed E-state index contributed by atoms with van der Waals surface area (Å²) in [5, 5.41) is 9.46. The molecule has 1 fully saturated rings. The summed E-state index contributed by atoms with van der Waals surface area (Å²) >= 11 is 0. The van der Waals surface area contributed by atoms with Crippen molar-refractivity contribution in [1.82, 2.24) is 4.90 Å².